The van der Waals surface area contributed by atoms with E-state index in [1.165, 1.54) is 13.0 Å². The van der Waals surface area contributed by atoms with Gasteiger partial charge in [0.1, 0.15) is 5.54 Å². The van der Waals surface area contributed by atoms with Crippen molar-refractivity contribution in [2.75, 3.05) is 13.2 Å². The van der Waals surface area contributed by atoms with Gasteiger partial charge in [0.25, 0.3) is 5.91 Å². The summed E-state index contributed by atoms with van der Waals surface area (Å²) in [5.74, 6) is -1.85. The van der Waals surface area contributed by atoms with Crippen LogP contribution < -0.4 is 14.8 Å². The number of carbonyl (C=O) groups is 2. The zero-order valence-corrected chi connectivity index (χ0v) is 16.2. The van der Waals surface area contributed by atoms with Crippen molar-refractivity contribution in [1.82, 2.24) is 10.2 Å². The van der Waals surface area contributed by atoms with Crippen molar-refractivity contribution >= 4 is 23.5 Å². The minimum absolute atomic E-state index is 0.0692. The zero-order valence-electron chi connectivity index (χ0n) is 15.4. The number of amides is 3. The number of imide groups is 1. The molecule has 2 aliphatic heterocycles. The molecule has 29 heavy (non-hydrogen) atoms. The van der Waals surface area contributed by atoms with Crippen LogP contribution in [0.5, 0.6) is 11.5 Å². The third-order valence-corrected chi connectivity index (χ3v) is 5.26. The molecule has 0 radical (unpaired) electrons. The first-order valence-electron chi connectivity index (χ1n) is 8.97. The molecule has 2 aromatic rings. The average Bonchev–Trinajstić information content (AvgIpc) is 2.85. The minimum Gasteiger partial charge on any atom is -0.489 e. The van der Waals surface area contributed by atoms with Gasteiger partial charge in [-0.05, 0) is 42.3 Å². The van der Waals surface area contributed by atoms with Crippen molar-refractivity contribution in [3.05, 3.63) is 58.1 Å². The van der Waals surface area contributed by atoms with Crippen LogP contribution >= 0.6 is 11.6 Å². The van der Waals surface area contributed by atoms with Gasteiger partial charge in [-0.2, -0.15) is 0 Å². The van der Waals surface area contributed by atoms with E-state index in [4.69, 9.17) is 21.1 Å². The molecule has 4 rings (SSSR count). The third kappa shape index (κ3) is 3.37. The Morgan fingerprint density at radius 3 is 2.66 bits per heavy atom. The Bertz CT molecular complexity index is 1020. The van der Waals surface area contributed by atoms with Gasteiger partial charge in [-0.3, -0.25) is 9.69 Å². The number of fused-ring (bicyclic) bond motifs is 1. The van der Waals surface area contributed by atoms with E-state index in [1.807, 2.05) is 0 Å². The second-order valence-electron chi connectivity index (χ2n) is 7.03. The molecule has 2 heterocycles. The van der Waals surface area contributed by atoms with Gasteiger partial charge in [0, 0.05) is 6.42 Å². The standard InChI is InChI=1S/C20H17ClF2N2O4/c1-20(12-3-4-14(22)15(23)9-12)18(26)25(19(27)24-20)10-11-7-13(21)17-16(8-11)28-5-2-6-29-17/h3-4,7-9H,2,5-6,10H2,1H3,(H,24,27)/t20-/m1/s1. The number of rotatable bonds is 3. The van der Waals surface area contributed by atoms with E-state index in [2.05, 4.69) is 5.32 Å². The predicted molar refractivity (Wildman–Crippen MR) is 99.9 cm³/mol. The maximum Gasteiger partial charge on any atom is 0.325 e. The van der Waals surface area contributed by atoms with Crippen molar-refractivity contribution in [3.63, 3.8) is 0 Å². The van der Waals surface area contributed by atoms with Crippen LogP contribution in [-0.4, -0.2) is 30.1 Å². The van der Waals surface area contributed by atoms with Gasteiger partial charge >= 0.3 is 6.03 Å². The highest BCUT2D eigenvalue weighted by Gasteiger charge is 2.49. The van der Waals surface area contributed by atoms with Gasteiger partial charge in [0.05, 0.1) is 24.8 Å². The summed E-state index contributed by atoms with van der Waals surface area (Å²) in [4.78, 5) is 26.5. The smallest absolute Gasteiger partial charge is 0.325 e. The van der Waals surface area contributed by atoms with E-state index in [9.17, 15) is 18.4 Å². The quantitative estimate of drug-likeness (QED) is 0.765. The fourth-order valence-electron chi connectivity index (χ4n) is 3.40. The maximum absolute atomic E-state index is 13.7. The van der Waals surface area contributed by atoms with Gasteiger partial charge < -0.3 is 14.8 Å². The van der Waals surface area contributed by atoms with Gasteiger partial charge in [-0.1, -0.05) is 17.7 Å². The Hall–Kier alpha value is -2.87. The lowest BCUT2D eigenvalue weighted by Gasteiger charge is -2.22. The normalized spacial score (nSPS) is 21.2. The van der Waals surface area contributed by atoms with E-state index < -0.39 is 29.1 Å². The number of hydrogen-bond acceptors (Lipinski definition) is 4. The van der Waals surface area contributed by atoms with E-state index >= 15 is 0 Å². The molecule has 1 N–H and O–H groups in total. The van der Waals surface area contributed by atoms with Crippen LogP contribution in [-0.2, 0) is 16.9 Å². The van der Waals surface area contributed by atoms with Crippen LogP contribution in [0.1, 0.15) is 24.5 Å². The molecule has 152 valence electrons. The summed E-state index contributed by atoms with van der Waals surface area (Å²) in [5, 5.41) is 2.87. The molecule has 3 amide bonds. The summed E-state index contributed by atoms with van der Waals surface area (Å²) in [7, 11) is 0. The van der Waals surface area contributed by atoms with Crippen LogP contribution in [0.3, 0.4) is 0 Å². The van der Waals surface area contributed by atoms with Crippen molar-refractivity contribution in [3.8, 4) is 11.5 Å². The molecule has 0 saturated carbocycles. The molecule has 0 spiro atoms. The second-order valence-corrected chi connectivity index (χ2v) is 7.44. The lowest BCUT2D eigenvalue weighted by Crippen LogP contribution is -2.41. The summed E-state index contributed by atoms with van der Waals surface area (Å²) >= 11 is 6.28. The molecule has 0 unspecified atom stereocenters. The Balaban J connectivity index is 1.62. The zero-order chi connectivity index (χ0) is 20.8. The fourth-order valence-corrected chi connectivity index (χ4v) is 3.69. The number of hydrogen-bond donors (Lipinski definition) is 1. The lowest BCUT2D eigenvalue weighted by atomic mass is 9.92. The number of urea groups is 1. The molecule has 9 heteroatoms. The number of nitrogens with one attached hydrogen (secondary N) is 1. The number of ether oxygens (including phenoxy) is 2. The monoisotopic (exact) mass is 422 g/mol. The molecule has 0 aromatic heterocycles. The SMILES string of the molecule is C[C@]1(c2ccc(F)c(F)c2)NC(=O)N(Cc2cc(Cl)c3c(c2)OCCCO3)C1=O. The summed E-state index contributed by atoms with van der Waals surface area (Å²) in [5.41, 5.74) is -0.799. The topological polar surface area (TPSA) is 67.9 Å². The van der Waals surface area contributed by atoms with Crippen LogP contribution in [0.2, 0.25) is 5.02 Å². The van der Waals surface area contributed by atoms with Gasteiger partial charge in [-0.15, -0.1) is 0 Å². The van der Waals surface area contributed by atoms with E-state index in [0.29, 0.717) is 41.7 Å². The Morgan fingerprint density at radius 1 is 1.14 bits per heavy atom. The molecule has 1 atom stereocenters. The fraction of sp³-hybridized carbons (Fsp3) is 0.300. The molecule has 1 saturated heterocycles. The third-order valence-electron chi connectivity index (χ3n) is 4.97. The lowest BCUT2D eigenvalue weighted by molar-refractivity contribution is -0.131. The molecule has 0 aliphatic carbocycles. The van der Waals surface area contributed by atoms with Crippen molar-refractivity contribution < 1.29 is 27.8 Å². The van der Waals surface area contributed by atoms with E-state index in [0.717, 1.165) is 17.0 Å². The largest absolute Gasteiger partial charge is 0.489 e. The Kier molecular flexibility index (Phi) is 4.82. The van der Waals surface area contributed by atoms with Crippen LogP contribution in [0.4, 0.5) is 13.6 Å². The van der Waals surface area contributed by atoms with Crippen molar-refractivity contribution in [2.24, 2.45) is 0 Å². The highest BCUT2D eigenvalue weighted by molar-refractivity contribution is 6.32. The highest BCUT2D eigenvalue weighted by atomic mass is 35.5. The Morgan fingerprint density at radius 2 is 1.90 bits per heavy atom. The summed E-state index contributed by atoms with van der Waals surface area (Å²) in [6, 6.07) is 5.71. The molecule has 2 aliphatic rings. The molecular weight excluding hydrogens is 406 g/mol. The summed E-state index contributed by atoms with van der Waals surface area (Å²) in [6.45, 7) is 2.32. The number of benzene rings is 2. The predicted octanol–water partition coefficient (Wildman–Crippen LogP) is 3.75. The van der Waals surface area contributed by atoms with E-state index in [1.54, 1.807) is 12.1 Å². The van der Waals surface area contributed by atoms with Crippen LogP contribution in [0.15, 0.2) is 30.3 Å². The van der Waals surface area contributed by atoms with Crippen LogP contribution in [0, 0.1) is 11.6 Å². The minimum atomic E-state index is -1.51. The van der Waals surface area contributed by atoms with Gasteiger partial charge in [-0.25, -0.2) is 13.6 Å². The highest BCUT2D eigenvalue weighted by Crippen LogP contribution is 2.39. The summed E-state index contributed by atoms with van der Waals surface area (Å²) in [6.07, 6.45) is 0.708. The van der Waals surface area contributed by atoms with E-state index in [-0.39, 0.29) is 12.1 Å². The van der Waals surface area contributed by atoms with Crippen molar-refractivity contribution in [1.29, 1.82) is 0 Å². The molecular formula is C20H17ClF2N2O4. The van der Waals surface area contributed by atoms with Gasteiger partial charge in [0.2, 0.25) is 0 Å². The molecule has 1 fully saturated rings. The van der Waals surface area contributed by atoms with Gasteiger partial charge in [0.15, 0.2) is 23.1 Å². The summed E-state index contributed by atoms with van der Waals surface area (Å²) < 4.78 is 38.1. The maximum atomic E-state index is 13.7. The molecule has 0 bridgehead atoms. The first kappa shape index (κ1) is 19.4. The second kappa shape index (κ2) is 7.18. The average molecular weight is 423 g/mol. The first-order valence-corrected chi connectivity index (χ1v) is 9.35. The first-order chi connectivity index (χ1) is 13.8. The number of nitrogens with zero attached hydrogens (tertiary/aromatic N) is 1. The molecule has 6 nitrogen and oxygen atoms in total. The van der Waals surface area contributed by atoms with Crippen LogP contribution in [0.25, 0.3) is 0 Å². The van der Waals surface area contributed by atoms with Crippen molar-refractivity contribution in [2.45, 2.75) is 25.4 Å². The number of halogens is 3. The Labute approximate surface area is 170 Å². The number of carbonyl (C=O) groups excluding carboxylic acids is 2. The molecule has 2 aromatic carbocycles.